The van der Waals surface area contributed by atoms with Crippen LogP contribution in [0, 0.1) is 6.92 Å². The summed E-state index contributed by atoms with van der Waals surface area (Å²) in [5, 5.41) is 11.4. The van der Waals surface area contributed by atoms with Crippen molar-refractivity contribution in [2.24, 2.45) is 0 Å². The molecular formula is C17H14ClNO2. The van der Waals surface area contributed by atoms with Gasteiger partial charge in [-0.05, 0) is 29.8 Å². The topological polar surface area (TPSA) is 41.2 Å². The number of benzene rings is 2. The van der Waals surface area contributed by atoms with Crippen LogP contribution in [0.5, 0.6) is 0 Å². The summed E-state index contributed by atoms with van der Waals surface area (Å²) in [4.78, 5) is 11.1. The third-order valence-corrected chi connectivity index (χ3v) is 3.50. The van der Waals surface area contributed by atoms with Crippen molar-refractivity contribution in [1.82, 2.24) is 0 Å². The molecule has 0 atom stereocenters. The number of aromatic nitrogens is 1. The van der Waals surface area contributed by atoms with E-state index in [2.05, 4.69) is 25.1 Å². The van der Waals surface area contributed by atoms with E-state index < -0.39 is 5.97 Å². The maximum absolute atomic E-state index is 11.1. The minimum atomic E-state index is -0.919. The first-order chi connectivity index (χ1) is 9.66. The van der Waals surface area contributed by atoms with Gasteiger partial charge >= 0.3 is 5.97 Å². The second kappa shape index (κ2) is 5.94. The van der Waals surface area contributed by atoms with Crippen LogP contribution in [0.2, 0.25) is 0 Å². The molecular weight excluding hydrogens is 286 g/mol. The van der Waals surface area contributed by atoms with Crippen LogP contribution in [-0.4, -0.2) is 11.1 Å². The monoisotopic (exact) mass is 299 g/mol. The second-order valence-electron chi connectivity index (χ2n) is 4.74. The Bertz CT molecular complexity index is 815. The fourth-order valence-corrected chi connectivity index (χ4v) is 2.45. The molecule has 0 aliphatic rings. The Labute approximate surface area is 128 Å². The smallest absolute Gasteiger partial charge is 0.341 e. The van der Waals surface area contributed by atoms with E-state index in [4.69, 9.17) is 5.11 Å². The molecule has 0 radical (unpaired) electrons. The lowest BCUT2D eigenvalue weighted by molar-refractivity contribution is -0.596. The first kappa shape index (κ1) is 15.0. The van der Waals surface area contributed by atoms with Gasteiger partial charge in [-0.1, -0.05) is 24.3 Å². The van der Waals surface area contributed by atoms with Crippen molar-refractivity contribution < 1.29 is 26.9 Å². The number of halogens is 1. The van der Waals surface area contributed by atoms with Crippen molar-refractivity contribution in [2.75, 3.05) is 0 Å². The maximum atomic E-state index is 11.1. The summed E-state index contributed by atoms with van der Waals surface area (Å²) in [7, 11) is 0. The molecule has 0 amide bonds. The molecule has 21 heavy (non-hydrogen) atoms. The summed E-state index contributed by atoms with van der Waals surface area (Å²) >= 11 is 0. The number of aromatic carboxylic acids is 1. The minimum absolute atomic E-state index is 0. The van der Waals surface area contributed by atoms with Crippen LogP contribution in [0.25, 0.3) is 16.5 Å². The van der Waals surface area contributed by atoms with Crippen molar-refractivity contribution in [3.05, 3.63) is 72.1 Å². The highest BCUT2D eigenvalue weighted by Gasteiger charge is 2.14. The Morgan fingerprint density at radius 2 is 1.81 bits per heavy atom. The zero-order chi connectivity index (χ0) is 14.1. The quantitative estimate of drug-likeness (QED) is 0.683. The molecule has 0 aliphatic carbocycles. The van der Waals surface area contributed by atoms with Gasteiger partial charge in [0.25, 0.3) is 0 Å². The highest BCUT2D eigenvalue weighted by atomic mass is 35.5. The summed E-state index contributed by atoms with van der Waals surface area (Å²) in [6.07, 6.45) is 3.50. The van der Waals surface area contributed by atoms with Crippen LogP contribution in [0.4, 0.5) is 0 Å². The second-order valence-corrected chi connectivity index (χ2v) is 4.74. The van der Waals surface area contributed by atoms with Gasteiger partial charge in [0.05, 0.1) is 0 Å². The molecule has 106 valence electrons. The van der Waals surface area contributed by atoms with E-state index in [1.54, 1.807) is 18.3 Å². The number of aryl methyl sites for hydroxylation is 1. The number of nitrogens with zero attached hydrogens (tertiary/aromatic N) is 1. The molecule has 3 aromatic rings. The van der Waals surface area contributed by atoms with Crippen LogP contribution in [0.15, 0.2) is 60.9 Å². The number of carboxylic acids is 1. The lowest BCUT2D eigenvalue weighted by Gasteiger charge is -2.05. The van der Waals surface area contributed by atoms with Gasteiger partial charge in [0.2, 0.25) is 5.69 Å². The molecule has 4 heteroatoms. The molecule has 0 saturated carbocycles. The summed E-state index contributed by atoms with van der Waals surface area (Å²) < 4.78 is 1.85. The Morgan fingerprint density at radius 1 is 1.05 bits per heavy atom. The van der Waals surface area contributed by atoms with Crippen LogP contribution in [0.3, 0.4) is 0 Å². The fourth-order valence-electron chi connectivity index (χ4n) is 2.45. The Hall–Kier alpha value is -2.39. The van der Waals surface area contributed by atoms with Gasteiger partial charge in [0.15, 0.2) is 12.4 Å². The van der Waals surface area contributed by atoms with Gasteiger partial charge < -0.3 is 17.5 Å². The predicted molar refractivity (Wildman–Crippen MR) is 77.2 cm³/mol. The average Bonchev–Trinajstić information content (AvgIpc) is 2.48. The lowest BCUT2D eigenvalue weighted by Crippen LogP contribution is -3.00. The van der Waals surface area contributed by atoms with Crippen molar-refractivity contribution in [2.45, 2.75) is 6.92 Å². The van der Waals surface area contributed by atoms with Crippen molar-refractivity contribution in [3.63, 3.8) is 0 Å². The van der Waals surface area contributed by atoms with E-state index in [0.29, 0.717) is 0 Å². The molecule has 1 heterocycles. The third kappa shape index (κ3) is 2.73. The van der Waals surface area contributed by atoms with E-state index in [1.807, 2.05) is 29.0 Å². The lowest BCUT2D eigenvalue weighted by atomic mass is 10.0. The summed E-state index contributed by atoms with van der Waals surface area (Å²) in [5.74, 6) is -0.919. The number of hydrogen-bond donors (Lipinski definition) is 1. The summed E-state index contributed by atoms with van der Waals surface area (Å²) in [5.41, 5.74) is 2.41. The molecule has 0 saturated heterocycles. The van der Waals surface area contributed by atoms with Gasteiger partial charge in [-0.3, -0.25) is 0 Å². The zero-order valence-corrected chi connectivity index (χ0v) is 12.2. The normalized spacial score (nSPS) is 10.1. The SMILES string of the molecule is Cc1c(-[n+]2cccc(C(=O)O)c2)ccc2ccccc12.[Cl-]. The standard InChI is InChI=1S/C17H13NO2.ClH/c1-12-15-7-3-2-5-13(15)8-9-16(12)18-10-4-6-14(11-18)17(19)20;/h2-11H,1H3;1H. The molecule has 0 spiro atoms. The van der Waals surface area contributed by atoms with Gasteiger partial charge in [0.1, 0.15) is 5.56 Å². The van der Waals surface area contributed by atoms with E-state index in [1.165, 1.54) is 10.8 Å². The highest BCUT2D eigenvalue weighted by Crippen LogP contribution is 2.21. The van der Waals surface area contributed by atoms with Crippen molar-refractivity contribution in [1.29, 1.82) is 0 Å². The fraction of sp³-hybridized carbons (Fsp3) is 0.0588. The molecule has 3 rings (SSSR count). The van der Waals surface area contributed by atoms with Crippen LogP contribution < -0.4 is 17.0 Å². The number of carbonyl (C=O) groups is 1. The predicted octanol–water partition coefficient (Wildman–Crippen LogP) is 0.127. The van der Waals surface area contributed by atoms with Gasteiger partial charge in [-0.2, -0.15) is 4.57 Å². The average molecular weight is 300 g/mol. The van der Waals surface area contributed by atoms with E-state index in [-0.39, 0.29) is 18.0 Å². The van der Waals surface area contributed by atoms with Crippen molar-refractivity contribution >= 4 is 16.7 Å². The number of pyridine rings is 1. The number of hydrogen-bond acceptors (Lipinski definition) is 1. The van der Waals surface area contributed by atoms with Crippen LogP contribution in [-0.2, 0) is 0 Å². The first-order valence-electron chi connectivity index (χ1n) is 6.40. The van der Waals surface area contributed by atoms with Crippen LogP contribution in [0.1, 0.15) is 15.9 Å². The van der Waals surface area contributed by atoms with Gasteiger partial charge in [-0.15, -0.1) is 0 Å². The van der Waals surface area contributed by atoms with E-state index >= 15 is 0 Å². The van der Waals surface area contributed by atoms with E-state index in [0.717, 1.165) is 11.3 Å². The molecule has 0 unspecified atom stereocenters. The van der Waals surface area contributed by atoms with Gasteiger partial charge in [-0.25, -0.2) is 4.79 Å². The third-order valence-electron chi connectivity index (χ3n) is 3.50. The Kier molecular flexibility index (Phi) is 4.24. The maximum Gasteiger partial charge on any atom is 0.341 e. The molecule has 2 aromatic carbocycles. The highest BCUT2D eigenvalue weighted by molar-refractivity contribution is 5.88. The summed E-state index contributed by atoms with van der Waals surface area (Å²) in [6, 6.07) is 15.6. The Morgan fingerprint density at radius 3 is 2.57 bits per heavy atom. The molecule has 0 aliphatic heterocycles. The number of fused-ring (bicyclic) bond motifs is 1. The Balaban J connectivity index is 0.00000161. The molecule has 1 aromatic heterocycles. The van der Waals surface area contributed by atoms with Crippen molar-refractivity contribution in [3.8, 4) is 5.69 Å². The first-order valence-corrected chi connectivity index (χ1v) is 6.40. The largest absolute Gasteiger partial charge is 1.00 e. The zero-order valence-electron chi connectivity index (χ0n) is 11.5. The molecule has 1 N–H and O–H groups in total. The molecule has 0 fully saturated rings. The summed E-state index contributed by atoms with van der Waals surface area (Å²) in [6.45, 7) is 2.05. The number of carboxylic acid groups (broad SMARTS) is 1. The van der Waals surface area contributed by atoms with Gasteiger partial charge in [0, 0.05) is 17.7 Å². The minimum Gasteiger partial charge on any atom is -1.00 e. The van der Waals surface area contributed by atoms with E-state index in [9.17, 15) is 4.79 Å². The van der Waals surface area contributed by atoms with Crippen LogP contribution >= 0.6 is 0 Å². The molecule has 0 bridgehead atoms. The molecule has 3 nitrogen and oxygen atoms in total. The number of rotatable bonds is 2.